The lowest BCUT2D eigenvalue weighted by atomic mass is 10.0. The van der Waals surface area contributed by atoms with Crippen molar-refractivity contribution < 1.29 is 29.0 Å². The summed E-state index contributed by atoms with van der Waals surface area (Å²) in [6.45, 7) is 1.67. The van der Waals surface area contributed by atoms with Crippen LogP contribution in [0, 0.1) is 0 Å². The van der Waals surface area contributed by atoms with Gasteiger partial charge in [0.1, 0.15) is 5.75 Å². The lowest BCUT2D eigenvalue weighted by Gasteiger charge is -2.18. The number of carboxylic acids is 1. The van der Waals surface area contributed by atoms with Gasteiger partial charge in [-0.3, -0.25) is 9.69 Å². The lowest BCUT2D eigenvalue weighted by molar-refractivity contribution is -0.136. The molecule has 7 heteroatoms. The fraction of sp³-hybridized carbons (Fsp3) is 0.136. The number of hydrogen-bond acceptors (Lipinski definition) is 5. The molecule has 7 nitrogen and oxygen atoms in total. The molecule has 3 rings (SSSR count). The van der Waals surface area contributed by atoms with Gasteiger partial charge in [-0.25, -0.2) is 9.59 Å². The number of benzene rings is 2. The minimum Gasteiger partial charge on any atom is -0.497 e. The molecule has 0 saturated heterocycles. The molecular formula is C22H19NO6. The van der Waals surface area contributed by atoms with Crippen LogP contribution < -0.4 is 9.64 Å². The van der Waals surface area contributed by atoms with Crippen LogP contribution in [0.2, 0.25) is 0 Å². The topological polar surface area (TPSA) is 93.1 Å². The Kier molecular flexibility index (Phi) is 5.50. The van der Waals surface area contributed by atoms with E-state index in [0.717, 1.165) is 0 Å². The molecule has 0 unspecified atom stereocenters. The molecule has 2 aromatic carbocycles. The Labute approximate surface area is 167 Å². The maximum atomic E-state index is 13.2. The highest BCUT2D eigenvalue weighted by Gasteiger charge is 2.37. The van der Waals surface area contributed by atoms with Gasteiger partial charge in [-0.05, 0) is 55.0 Å². The standard InChI is InChI=1S/C22H19NO6/c1-13-19(22(27)29-3)18(12-14-4-6-15(7-5-14)21(25)26)20(24)23(13)16-8-10-17(28-2)11-9-16/h4-12H,1-3H3,(H,25,26)/b18-12-. The SMILES string of the molecule is COC(=O)C1=C(C)N(c2ccc(OC)cc2)C(=O)/C1=C\c1ccc(C(=O)O)cc1. The number of allylic oxidation sites excluding steroid dienone is 1. The molecule has 0 fully saturated rings. The zero-order chi connectivity index (χ0) is 21.1. The molecule has 2 aromatic rings. The van der Waals surface area contributed by atoms with E-state index in [1.165, 1.54) is 24.1 Å². The third kappa shape index (κ3) is 3.75. The summed E-state index contributed by atoms with van der Waals surface area (Å²) < 4.78 is 10.0. The van der Waals surface area contributed by atoms with Gasteiger partial charge in [0.25, 0.3) is 5.91 Å². The second kappa shape index (κ2) is 8.02. The summed E-state index contributed by atoms with van der Waals surface area (Å²) in [4.78, 5) is 38.0. The Morgan fingerprint density at radius 2 is 1.62 bits per heavy atom. The zero-order valence-electron chi connectivity index (χ0n) is 16.1. The number of methoxy groups -OCH3 is 2. The normalized spacial score (nSPS) is 15.1. The molecule has 1 aliphatic heterocycles. The maximum absolute atomic E-state index is 13.2. The van der Waals surface area contributed by atoms with Crippen LogP contribution in [-0.4, -0.2) is 37.2 Å². The number of rotatable bonds is 5. The van der Waals surface area contributed by atoms with Gasteiger partial charge in [-0.15, -0.1) is 0 Å². The van der Waals surface area contributed by atoms with E-state index in [-0.39, 0.29) is 22.6 Å². The van der Waals surface area contributed by atoms with Crippen molar-refractivity contribution >= 4 is 29.6 Å². The number of carbonyl (C=O) groups excluding carboxylic acids is 2. The number of ether oxygens (including phenoxy) is 2. The van der Waals surface area contributed by atoms with Crippen LogP contribution in [0.1, 0.15) is 22.8 Å². The fourth-order valence-electron chi connectivity index (χ4n) is 3.11. The number of amides is 1. The monoisotopic (exact) mass is 393 g/mol. The quantitative estimate of drug-likeness (QED) is 0.619. The van der Waals surface area contributed by atoms with Crippen molar-refractivity contribution in [3.63, 3.8) is 0 Å². The maximum Gasteiger partial charge on any atom is 0.340 e. The summed E-state index contributed by atoms with van der Waals surface area (Å²) in [5.74, 6) is -1.40. The third-order valence-electron chi connectivity index (χ3n) is 4.59. The molecule has 148 valence electrons. The summed E-state index contributed by atoms with van der Waals surface area (Å²) in [6.07, 6.45) is 1.55. The van der Waals surface area contributed by atoms with Crippen LogP contribution in [0.5, 0.6) is 5.75 Å². The van der Waals surface area contributed by atoms with Crippen molar-refractivity contribution in [1.29, 1.82) is 0 Å². The average molecular weight is 393 g/mol. The summed E-state index contributed by atoms with van der Waals surface area (Å²) in [6, 6.07) is 12.9. The first kappa shape index (κ1) is 19.9. The van der Waals surface area contributed by atoms with E-state index in [1.807, 2.05) is 0 Å². The Morgan fingerprint density at radius 3 is 2.14 bits per heavy atom. The van der Waals surface area contributed by atoms with Crippen molar-refractivity contribution in [1.82, 2.24) is 0 Å². The van der Waals surface area contributed by atoms with Gasteiger partial charge in [0.15, 0.2) is 0 Å². The first-order valence-electron chi connectivity index (χ1n) is 8.70. The van der Waals surface area contributed by atoms with Gasteiger partial charge in [0.05, 0.1) is 30.9 Å². The fourth-order valence-corrected chi connectivity index (χ4v) is 3.11. The number of esters is 1. The van der Waals surface area contributed by atoms with E-state index in [4.69, 9.17) is 14.6 Å². The molecule has 0 aliphatic carbocycles. The molecule has 0 atom stereocenters. The highest BCUT2D eigenvalue weighted by atomic mass is 16.5. The molecule has 1 amide bonds. The lowest BCUT2D eigenvalue weighted by Crippen LogP contribution is -2.24. The van der Waals surface area contributed by atoms with Crippen LogP contribution in [0.25, 0.3) is 6.08 Å². The molecule has 1 N–H and O–H groups in total. The van der Waals surface area contributed by atoms with Crippen LogP contribution in [0.3, 0.4) is 0 Å². The molecule has 0 radical (unpaired) electrons. The van der Waals surface area contributed by atoms with Crippen LogP contribution >= 0.6 is 0 Å². The van der Waals surface area contributed by atoms with E-state index in [9.17, 15) is 14.4 Å². The summed E-state index contributed by atoms with van der Waals surface area (Å²) in [5.41, 5.74) is 2.08. The number of carboxylic acid groups (broad SMARTS) is 1. The van der Waals surface area contributed by atoms with E-state index in [1.54, 1.807) is 56.5 Å². The second-order valence-electron chi connectivity index (χ2n) is 6.28. The minimum absolute atomic E-state index is 0.129. The van der Waals surface area contributed by atoms with Crippen molar-refractivity contribution in [2.75, 3.05) is 19.1 Å². The minimum atomic E-state index is -1.04. The molecular weight excluding hydrogens is 374 g/mol. The summed E-state index contributed by atoms with van der Waals surface area (Å²) in [7, 11) is 2.80. The molecule has 0 spiro atoms. The molecule has 0 saturated carbocycles. The Morgan fingerprint density at radius 1 is 1.00 bits per heavy atom. The van der Waals surface area contributed by atoms with E-state index in [0.29, 0.717) is 22.7 Å². The number of hydrogen-bond donors (Lipinski definition) is 1. The van der Waals surface area contributed by atoms with Gasteiger partial charge >= 0.3 is 11.9 Å². The van der Waals surface area contributed by atoms with E-state index in [2.05, 4.69) is 0 Å². The first-order chi connectivity index (χ1) is 13.9. The van der Waals surface area contributed by atoms with Crippen LogP contribution in [-0.2, 0) is 14.3 Å². The molecule has 1 heterocycles. The molecule has 29 heavy (non-hydrogen) atoms. The highest BCUT2D eigenvalue weighted by Crippen LogP contribution is 2.36. The first-order valence-corrected chi connectivity index (χ1v) is 8.70. The number of nitrogens with zero attached hydrogens (tertiary/aromatic N) is 1. The van der Waals surface area contributed by atoms with Gasteiger partial charge in [0, 0.05) is 11.4 Å². The predicted molar refractivity (Wildman–Crippen MR) is 107 cm³/mol. The Bertz CT molecular complexity index is 1030. The zero-order valence-corrected chi connectivity index (χ0v) is 16.1. The number of carbonyl (C=O) groups is 3. The van der Waals surface area contributed by atoms with Crippen molar-refractivity contribution in [2.24, 2.45) is 0 Å². The summed E-state index contributed by atoms with van der Waals surface area (Å²) in [5, 5.41) is 9.03. The number of anilines is 1. The van der Waals surface area contributed by atoms with Crippen molar-refractivity contribution in [3.8, 4) is 5.75 Å². The predicted octanol–water partition coefficient (Wildman–Crippen LogP) is 3.27. The van der Waals surface area contributed by atoms with Gasteiger partial charge in [-0.2, -0.15) is 0 Å². The third-order valence-corrected chi connectivity index (χ3v) is 4.59. The van der Waals surface area contributed by atoms with E-state index >= 15 is 0 Å². The molecule has 0 bridgehead atoms. The molecule has 1 aliphatic rings. The number of aromatic carboxylic acids is 1. The average Bonchev–Trinajstić information content (AvgIpc) is 2.97. The largest absolute Gasteiger partial charge is 0.497 e. The van der Waals surface area contributed by atoms with Gasteiger partial charge in [0.2, 0.25) is 0 Å². The Balaban J connectivity index is 2.07. The van der Waals surface area contributed by atoms with Crippen molar-refractivity contribution in [3.05, 3.63) is 76.5 Å². The smallest absolute Gasteiger partial charge is 0.340 e. The Hall–Kier alpha value is -3.87. The van der Waals surface area contributed by atoms with E-state index < -0.39 is 11.9 Å². The second-order valence-corrected chi connectivity index (χ2v) is 6.28. The van der Waals surface area contributed by atoms with Crippen LogP contribution in [0.4, 0.5) is 5.69 Å². The van der Waals surface area contributed by atoms with Gasteiger partial charge < -0.3 is 14.6 Å². The van der Waals surface area contributed by atoms with Gasteiger partial charge in [-0.1, -0.05) is 12.1 Å². The van der Waals surface area contributed by atoms with Crippen molar-refractivity contribution in [2.45, 2.75) is 6.92 Å². The highest BCUT2D eigenvalue weighted by molar-refractivity contribution is 6.23. The molecule has 0 aromatic heterocycles. The van der Waals surface area contributed by atoms with Crippen LogP contribution in [0.15, 0.2) is 65.4 Å². The summed E-state index contributed by atoms with van der Waals surface area (Å²) >= 11 is 0.